The number of halogens is 1. The second kappa shape index (κ2) is 7.34. The van der Waals surface area contributed by atoms with Gasteiger partial charge in [0.2, 0.25) is 5.91 Å². The van der Waals surface area contributed by atoms with E-state index in [9.17, 15) is 9.59 Å². The Labute approximate surface area is 154 Å². The highest BCUT2D eigenvalue weighted by Crippen LogP contribution is 2.23. The van der Waals surface area contributed by atoms with Crippen LogP contribution in [0.5, 0.6) is 0 Å². The number of hydrogen-bond acceptors (Lipinski definition) is 3. The van der Waals surface area contributed by atoms with E-state index in [1.54, 1.807) is 4.90 Å². The van der Waals surface area contributed by atoms with Crippen molar-refractivity contribution in [1.82, 2.24) is 15.1 Å². The first-order chi connectivity index (χ1) is 11.9. The Kier molecular flexibility index (Phi) is 5.35. The largest absolute Gasteiger partial charge is 0.349 e. The summed E-state index contributed by atoms with van der Waals surface area (Å²) in [5, 5.41) is 3.61. The van der Waals surface area contributed by atoms with Crippen molar-refractivity contribution in [1.29, 1.82) is 0 Å². The predicted molar refractivity (Wildman–Crippen MR) is 99.0 cm³/mol. The summed E-state index contributed by atoms with van der Waals surface area (Å²) in [5.74, 6) is 0.118. The number of amides is 2. The van der Waals surface area contributed by atoms with Gasteiger partial charge in [0.25, 0.3) is 5.91 Å². The molecule has 0 saturated carbocycles. The summed E-state index contributed by atoms with van der Waals surface area (Å²) in [6.07, 6.45) is 2.63. The van der Waals surface area contributed by atoms with Crippen molar-refractivity contribution in [3.8, 4) is 0 Å². The minimum Gasteiger partial charge on any atom is -0.349 e. The fourth-order valence-corrected chi connectivity index (χ4v) is 4.02. The maximum Gasteiger partial charge on any atom is 0.253 e. The fraction of sp³-hybridized carbons (Fsp3) is 0.579. The number of carbonyl (C=O) groups excluding carboxylic acids is 2. The number of hydrogen-bond donors (Lipinski definition) is 1. The molecule has 0 aliphatic carbocycles. The quantitative estimate of drug-likeness (QED) is 0.897. The molecule has 2 amide bonds. The first kappa shape index (κ1) is 18.2. The van der Waals surface area contributed by atoms with Crippen molar-refractivity contribution in [3.05, 3.63) is 33.8 Å². The number of piperidine rings is 1. The number of rotatable bonds is 3. The molecule has 2 aliphatic rings. The Hall–Kier alpha value is -1.59. The normalized spacial score (nSPS) is 22.5. The van der Waals surface area contributed by atoms with Gasteiger partial charge in [0.15, 0.2) is 0 Å². The fourth-order valence-electron chi connectivity index (χ4n) is 3.72. The Bertz CT molecular complexity index is 683. The lowest BCUT2D eigenvalue weighted by molar-refractivity contribution is -0.131. The maximum absolute atomic E-state index is 12.6. The van der Waals surface area contributed by atoms with Crippen LogP contribution in [-0.2, 0) is 4.79 Å². The van der Waals surface area contributed by atoms with Gasteiger partial charge in [-0.25, -0.2) is 0 Å². The molecular formula is C19H26ClN3O2. The third-order valence-corrected chi connectivity index (χ3v) is 5.85. The number of aryl methyl sites for hydroxylation is 2. The number of nitrogens with one attached hydrogen (secondary N) is 1. The molecule has 2 fully saturated rings. The van der Waals surface area contributed by atoms with E-state index in [1.807, 2.05) is 33.0 Å². The molecule has 1 aromatic rings. The molecule has 0 spiro atoms. The van der Waals surface area contributed by atoms with E-state index in [1.165, 1.54) is 0 Å². The highest BCUT2D eigenvalue weighted by Gasteiger charge is 2.35. The van der Waals surface area contributed by atoms with Gasteiger partial charge in [-0.2, -0.15) is 0 Å². The third-order valence-electron chi connectivity index (χ3n) is 5.53. The molecule has 2 aliphatic heterocycles. The summed E-state index contributed by atoms with van der Waals surface area (Å²) in [6.45, 7) is 6.49. The average molecular weight is 364 g/mol. The molecule has 25 heavy (non-hydrogen) atoms. The van der Waals surface area contributed by atoms with Crippen LogP contribution >= 0.6 is 11.6 Å². The monoisotopic (exact) mass is 363 g/mol. The predicted octanol–water partition coefficient (Wildman–Crippen LogP) is 2.38. The van der Waals surface area contributed by atoms with Crippen LogP contribution in [0.3, 0.4) is 0 Å². The van der Waals surface area contributed by atoms with Crippen molar-refractivity contribution in [2.45, 2.75) is 45.2 Å². The molecule has 0 aromatic heterocycles. The molecule has 1 aromatic carbocycles. The first-order valence-corrected chi connectivity index (χ1v) is 9.31. The van der Waals surface area contributed by atoms with Crippen molar-refractivity contribution in [2.24, 2.45) is 0 Å². The van der Waals surface area contributed by atoms with Gasteiger partial charge in [0.1, 0.15) is 0 Å². The zero-order valence-electron chi connectivity index (χ0n) is 15.1. The summed E-state index contributed by atoms with van der Waals surface area (Å²) in [5.41, 5.74) is 2.69. The maximum atomic E-state index is 12.6. The molecule has 2 heterocycles. The van der Waals surface area contributed by atoms with E-state index in [0.29, 0.717) is 10.6 Å². The number of nitrogens with zero attached hydrogens (tertiary/aromatic N) is 2. The van der Waals surface area contributed by atoms with E-state index >= 15 is 0 Å². The standard InChI is InChI=1S/C19H26ClN3O2/c1-12-10-15(16(20)11-13(12)2)18(24)21-14-4-8-23(9-5-14)17-6-7-22(3)19(17)25/h10-11,14,17H,4-9H2,1-3H3,(H,21,24). The average Bonchev–Trinajstić information content (AvgIpc) is 2.91. The Morgan fingerprint density at radius 2 is 1.76 bits per heavy atom. The van der Waals surface area contributed by atoms with Gasteiger partial charge in [0.05, 0.1) is 16.6 Å². The van der Waals surface area contributed by atoms with Gasteiger partial charge in [-0.1, -0.05) is 11.6 Å². The van der Waals surface area contributed by atoms with Gasteiger partial charge in [-0.3, -0.25) is 14.5 Å². The van der Waals surface area contributed by atoms with Crippen LogP contribution in [0.1, 0.15) is 40.7 Å². The molecule has 136 valence electrons. The number of benzene rings is 1. The summed E-state index contributed by atoms with van der Waals surface area (Å²) in [7, 11) is 1.86. The number of likely N-dealkylation sites (N-methyl/N-ethyl adjacent to an activating group) is 1. The Morgan fingerprint density at radius 3 is 2.36 bits per heavy atom. The summed E-state index contributed by atoms with van der Waals surface area (Å²) in [4.78, 5) is 28.8. The molecule has 1 atom stereocenters. The van der Waals surface area contributed by atoms with Crippen molar-refractivity contribution in [2.75, 3.05) is 26.7 Å². The van der Waals surface area contributed by atoms with Crippen LogP contribution in [0.15, 0.2) is 12.1 Å². The van der Waals surface area contributed by atoms with E-state index in [0.717, 1.165) is 50.0 Å². The summed E-state index contributed by atoms with van der Waals surface area (Å²) >= 11 is 6.24. The Balaban J connectivity index is 1.56. The van der Waals surface area contributed by atoms with E-state index < -0.39 is 0 Å². The molecule has 6 heteroatoms. The van der Waals surface area contributed by atoms with Gasteiger partial charge in [0, 0.05) is 32.7 Å². The first-order valence-electron chi connectivity index (χ1n) is 8.93. The summed E-state index contributed by atoms with van der Waals surface area (Å²) in [6, 6.07) is 3.86. The van der Waals surface area contributed by atoms with Crippen LogP contribution < -0.4 is 5.32 Å². The zero-order chi connectivity index (χ0) is 18.1. The highest BCUT2D eigenvalue weighted by atomic mass is 35.5. The Morgan fingerprint density at radius 1 is 1.12 bits per heavy atom. The third kappa shape index (κ3) is 3.82. The minimum atomic E-state index is -0.108. The molecule has 0 radical (unpaired) electrons. The van der Waals surface area contributed by atoms with Crippen molar-refractivity contribution >= 4 is 23.4 Å². The molecule has 2 saturated heterocycles. The lowest BCUT2D eigenvalue weighted by Crippen LogP contribution is -2.50. The topological polar surface area (TPSA) is 52.7 Å². The lowest BCUT2D eigenvalue weighted by atomic mass is 10.0. The smallest absolute Gasteiger partial charge is 0.253 e. The van der Waals surface area contributed by atoms with Crippen molar-refractivity contribution in [3.63, 3.8) is 0 Å². The molecule has 0 bridgehead atoms. The lowest BCUT2D eigenvalue weighted by Gasteiger charge is -2.35. The zero-order valence-corrected chi connectivity index (χ0v) is 15.9. The number of likely N-dealkylation sites (tertiary alicyclic amines) is 2. The second-order valence-electron chi connectivity index (χ2n) is 7.26. The minimum absolute atomic E-state index is 0.0239. The van der Waals surface area contributed by atoms with Crippen LogP contribution in [0.4, 0.5) is 0 Å². The molecular weight excluding hydrogens is 338 g/mol. The van der Waals surface area contributed by atoms with Gasteiger partial charge < -0.3 is 10.2 Å². The molecule has 1 N–H and O–H groups in total. The van der Waals surface area contributed by atoms with E-state index in [2.05, 4.69) is 10.2 Å². The van der Waals surface area contributed by atoms with Crippen LogP contribution in [0.2, 0.25) is 5.02 Å². The van der Waals surface area contributed by atoms with Crippen LogP contribution in [-0.4, -0.2) is 60.4 Å². The van der Waals surface area contributed by atoms with E-state index in [4.69, 9.17) is 11.6 Å². The summed E-state index contributed by atoms with van der Waals surface area (Å²) < 4.78 is 0. The molecule has 1 unspecified atom stereocenters. The van der Waals surface area contributed by atoms with Crippen molar-refractivity contribution < 1.29 is 9.59 Å². The highest BCUT2D eigenvalue weighted by molar-refractivity contribution is 6.34. The van der Waals surface area contributed by atoms with Crippen LogP contribution in [0, 0.1) is 13.8 Å². The van der Waals surface area contributed by atoms with Gasteiger partial charge >= 0.3 is 0 Å². The van der Waals surface area contributed by atoms with Crippen LogP contribution in [0.25, 0.3) is 0 Å². The SMILES string of the molecule is Cc1cc(Cl)c(C(=O)NC2CCN(C3CCN(C)C3=O)CC2)cc1C. The number of carbonyl (C=O) groups is 2. The molecule has 5 nitrogen and oxygen atoms in total. The van der Waals surface area contributed by atoms with Gasteiger partial charge in [-0.05, 0) is 56.4 Å². The molecule has 3 rings (SSSR count). The van der Waals surface area contributed by atoms with E-state index in [-0.39, 0.29) is 23.9 Å². The second-order valence-corrected chi connectivity index (χ2v) is 7.67. The van der Waals surface area contributed by atoms with Gasteiger partial charge in [-0.15, -0.1) is 0 Å².